The summed E-state index contributed by atoms with van der Waals surface area (Å²) in [7, 11) is 1.83. The Balaban J connectivity index is 1.47. The van der Waals surface area contributed by atoms with Crippen LogP contribution in [0.3, 0.4) is 0 Å². The van der Waals surface area contributed by atoms with Crippen molar-refractivity contribution >= 4 is 11.6 Å². The van der Waals surface area contributed by atoms with Crippen molar-refractivity contribution in [3.63, 3.8) is 0 Å². The number of hydrogen-bond donors (Lipinski definition) is 0. The third-order valence-corrected chi connectivity index (χ3v) is 6.57. The summed E-state index contributed by atoms with van der Waals surface area (Å²) in [5.74, 6) is 1.80. The van der Waals surface area contributed by atoms with Crippen molar-refractivity contribution in [2.45, 2.75) is 63.7 Å². The van der Waals surface area contributed by atoms with E-state index in [9.17, 15) is 0 Å². The normalized spacial score (nSPS) is 21.8. The molecule has 2 fully saturated rings. The number of piperidine rings is 1. The van der Waals surface area contributed by atoms with Crippen molar-refractivity contribution in [1.82, 2.24) is 4.90 Å². The predicted molar refractivity (Wildman–Crippen MR) is 115 cm³/mol. The largest absolute Gasteiger partial charge is 0.501 e. The summed E-state index contributed by atoms with van der Waals surface area (Å²) in [6.45, 7) is 7.80. The van der Waals surface area contributed by atoms with Crippen molar-refractivity contribution in [3.8, 4) is 0 Å². The van der Waals surface area contributed by atoms with Crippen LogP contribution in [0.15, 0.2) is 47.7 Å². The number of nitrogens with zero attached hydrogens (tertiary/aromatic N) is 1. The molecule has 0 aromatic heterocycles. The van der Waals surface area contributed by atoms with E-state index in [1.807, 2.05) is 19.2 Å². The molecule has 1 saturated heterocycles. The zero-order valence-electron chi connectivity index (χ0n) is 16.8. The molecule has 1 saturated carbocycles. The standard InChI is InChI=1S/C24H34ClNO/c1-19-9-4-3-5-10-21(19)24(27-2)13-8-16-26-17-14-20(15-18-26)22-11-6-7-12-23(22)25/h6-7,11-12,20H,1,3-5,8-10,13-18H2,2H3/b24-21-. The highest BCUT2D eigenvalue weighted by Crippen LogP contribution is 2.33. The molecule has 0 unspecified atom stereocenters. The maximum absolute atomic E-state index is 6.39. The number of halogens is 1. The summed E-state index contributed by atoms with van der Waals surface area (Å²) in [6, 6.07) is 8.34. The number of hydrogen-bond acceptors (Lipinski definition) is 2. The van der Waals surface area contributed by atoms with Crippen LogP contribution in [0.5, 0.6) is 0 Å². The molecule has 0 N–H and O–H groups in total. The summed E-state index contributed by atoms with van der Waals surface area (Å²) < 4.78 is 5.78. The highest BCUT2D eigenvalue weighted by Gasteiger charge is 2.22. The second-order valence-electron chi connectivity index (χ2n) is 8.01. The van der Waals surface area contributed by atoms with Crippen molar-refractivity contribution in [2.24, 2.45) is 0 Å². The number of allylic oxidation sites excluding steroid dienone is 3. The zero-order valence-corrected chi connectivity index (χ0v) is 17.6. The van der Waals surface area contributed by atoms with Crippen LogP contribution in [0.2, 0.25) is 5.02 Å². The number of rotatable bonds is 6. The molecule has 0 atom stereocenters. The Morgan fingerprint density at radius 3 is 2.63 bits per heavy atom. The van der Waals surface area contributed by atoms with Crippen LogP contribution in [0, 0.1) is 0 Å². The van der Waals surface area contributed by atoms with Gasteiger partial charge in [0.05, 0.1) is 12.9 Å². The highest BCUT2D eigenvalue weighted by molar-refractivity contribution is 6.31. The quantitative estimate of drug-likeness (QED) is 0.396. The fraction of sp³-hybridized carbons (Fsp3) is 0.583. The van der Waals surface area contributed by atoms with Crippen LogP contribution in [0.25, 0.3) is 0 Å². The Morgan fingerprint density at radius 1 is 1.15 bits per heavy atom. The van der Waals surface area contributed by atoms with Crippen LogP contribution in [0.4, 0.5) is 0 Å². The lowest BCUT2D eigenvalue weighted by molar-refractivity contribution is 0.202. The highest BCUT2D eigenvalue weighted by atomic mass is 35.5. The van der Waals surface area contributed by atoms with Gasteiger partial charge in [-0.15, -0.1) is 0 Å². The van der Waals surface area contributed by atoms with Gasteiger partial charge in [0.2, 0.25) is 0 Å². The van der Waals surface area contributed by atoms with Crippen molar-refractivity contribution in [2.75, 3.05) is 26.7 Å². The fourth-order valence-corrected chi connectivity index (χ4v) is 4.88. The first-order valence-electron chi connectivity index (χ1n) is 10.6. The van der Waals surface area contributed by atoms with Crippen LogP contribution < -0.4 is 0 Å². The Bertz CT molecular complexity index is 658. The first-order valence-corrected chi connectivity index (χ1v) is 11.0. The van der Waals surface area contributed by atoms with Gasteiger partial charge in [-0.05, 0) is 93.3 Å². The number of methoxy groups -OCH3 is 1. The molecule has 2 aliphatic rings. The van der Waals surface area contributed by atoms with Gasteiger partial charge >= 0.3 is 0 Å². The molecular formula is C24H34ClNO. The maximum atomic E-state index is 6.39. The molecule has 148 valence electrons. The Hall–Kier alpha value is -1.25. The molecule has 1 aliphatic carbocycles. The predicted octanol–water partition coefficient (Wildman–Crippen LogP) is 6.72. The molecule has 1 aliphatic heterocycles. The van der Waals surface area contributed by atoms with Crippen LogP contribution >= 0.6 is 11.6 Å². The average molecular weight is 388 g/mol. The molecule has 3 rings (SSSR count). The van der Waals surface area contributed by atoms with Gasteiger partial charge in [0, 0.05) is 11.4 Å². The van der Waals surface area contributed by atoms with E-state index in [1.54, 1.807) is 0 Å². The first-order chi connectivity index (χ1) is 13.2. The van der Waals surface area contributed by atoms with E-state index in [0.29, 0.717) is 5.92 Å². The minimum absolute atomic E-state index is 0.612. The molecule has 2 nitrogen and oxygen atoms in total. The topological polar surface area (TPSA) is 12.5 Å². The van der Waals surface area contributed by atoms with E-state index in [4.69, 9.17) is 16.3 Å². The molecule has 0 radical (unpaired) electrons. The molecule has 0 amide bonds. The Morgan fingerprint density at radius 2 is 1.89 bits per heavy atom. The van der Waals surface area contributed by atoms with Crippen molar-refractivity contribution in [1.29, 1.82) is 0 Å². The fourth-order valence-electron chi connectivity index (χ4n) is 4.59. The number of ether oxygens (including phenoxy) is 1. The van der Waals surface area contributed by atoms with Gasteiger partial charge in [0.15, 0.2) is 0 Å². The van der Waals surface area contributed by atoms with Crippen LogP contribution in [-0.4, -0.2) is 31.6 Å². The van der Waals surface area contributed by atoms with E-state index in [0.717, 1.165) is 37.3 Å². The minimum Gasteiger partial charge on any atom is -0.501 e. The van der Waals surface area contributed by atoms with Gasteiger partial charge in [0.25, 0.3) is 0 Å². The van der Waals surface area contributed by atoms with Gasteiger partial charge < -0.3 is 9.64 Å². The SMILES string of the molecule is C=C1CCCCC/C1=C(\CCCN1CCC(c2ccccc2Cl)CC1)OC. The minimum atomic E-state index is 0.612. The molecule has 0 bridgehead atoms. The van der Waals surface area contributed by atoms with Crippen LogP contribution in [-0.2, 0) is 4.74 Å². The lowest BCUT2D eigenvalue weighted by atomic mass is 9.89. The summed E-state index contributed by atoms with van der Waals surface area (Å²) in [5, 5.41) is 0.927. The first kappa shape index (κ1) is 20.5. The summed E-state index contributed by atoms with van der Waals surface area (Å²) in [5.41, 5.74) is 4.05. The van der Waals surface area contributed by atoms with Crippen molar-refractivity contribution < 1.29 is 4.74 Å². The summed E-state index contributed by atoms with van der Waals surface area (Å²) in [4.78, 5) is 2.60. The summed E-state index contributed by atoms with van der Waals surface area (Å²) in [6.07, 6.45) is 10.8. The maximum Gasteiger partial charge on any atom is 0.0990 e. The van der Waals surface area contributed by atoms with Gasteiger partial charge in [-0.1, -0.05) is 42.8 Å². The second kappa shape index (κ2) is 10.3. The van der Waals surface area contributed by atoms with E-state index in [2.05, 4.69) is 23.6 Å². The molecule has 1 aromatic carbocycles. The zero-order chi connectivity index (χ0) is 19.1. The molecular weight excluding hydrogens is 354 g/mol. The average Bonchev–Trinajstić information content (AvgIpc) is 2.91. The van der Waals surface area contributed by atoms with Gasteiger partial charge in [-0.2, -0.15) is 0 Å². The summed E-state index contributed by atoms with van der Waals surface area (Å²) >= 11 is 6.39. The third-order valence-electron chi connectivity index (χ3n) is 6.23. The van der Waals surface area contributed by atoms with Gasteiger partial charge in [-0.25, -0.2) is 0 Å². The van der Waals surface area contributed by atoms with Crippen molar-refractivity contribution in [3.05, 3.63) is 58.3 Å². The molecule has 3 heteroatoms. The Labute approximate surface area is 170 Å². The van der Waals surface area contributed by atoms with E-state index in [-0.39, 0.29) is 0 Å². The third kappa shape index (κ3) is 5.62. The van der Waals surface area contributed by atoms with E-state index >= 15 is 0 Å². The van der Waals surface area contributed by atoms with Gasteiger partial charge in [0.1, 0.15) is 0 Å². The number of likely N-dealkylation sites (tertiary alicyclic amines) is 1. The monoisotopic (exact) mass is 387 g/mol. The number of benzene rings is 1. The smallest absolute Gasteiger partial charge is 0.0990 e. The second-order valence-corrected chi connectivity index (χ2v) is 8.42. The van der Waals surface area contributed by atoms with Gasteiger partial charge in [-0.3, -0.25) is 0 Å². The lowest BCUT2D eigenvalue weighted by Crippen LogP contribution is -2.33. The molecule has 0 spiro atoms. The molecule has 27 heavy (non-hydrogen) atoms. The Kier molecular flexibility index (Phi) is 7.84. The lowest BCUT2D eigenvalue weighted by Gasteiger charge is -2.32. The van der Waals surface area contributed by atoms with E-state index in [1.165, 1.54) is 67.7 Å². The van der Waals surface area contributed by atoms with E-state index < -0.39 is 0 Å². The van der Waals surface area contributed by atoms with Crippen LogP contribution in [0.1, 0.15) is 69.3 Å². The molecule has 1 heterocycles. The molecule has 1 aromatic rings.